The van der Waals surface area contributed by atoms with Crippen LogP contribution in [0.3, 0.4) is 0 Å². The van der Waals surface area contributed by atoms with Gasteiger partial charge in [-0.1, -0.05) is 42.5 Å². The third-order valence-electron chi connectivity index (χ3n) is 6.43. The van der Waals surface area contributed by atoms with E-state index in [4.69, 9.17) is 9.15 Å². The molecule has 4 aromatic carbocycles. The first-order valence-corrected chi connectivity index (χ1v) is 11.7. The molecule has 0 saturated heterocycles. The topological polar surface area (TPSA) is 94.6 Å². The molecule has 0 bridgehead atoms. The zero-order chi connectivity index (χ0) is 26.1. The molecule has 0 aliphatic carbocycles. The Kier molecular flexibility index (Phi) is 6.19. The molecule has 0 unspecified atom stereocenters. The first-order chi connectivity index (χ1) is 17.9. The first kappa shape index (κ1) is 23.8. The van der Waals surface area contributed by atoms with Crippen molar-refractivity contribution in [3.63, 3.8) is 0 Å². The lowest BCUT2D eigenvalue weighted by Gasteiger charge is -2.11. The number of allylic oxidation sites excluding steroid dienone is 1. The number of rotatable bonds is 6. The molecule has 184 valence electrons. The molecule has 7 nitrogen and oxygen atoms in total. The van der Waals surface area contributed by atoms with E-state index in [9.17, 15) is 14.9 Å². The molecule has 0 radical (unpaired) electrons. The van der Waals surface area contributed by atoms with Gasteiger partial charge in [0.1, 0.15) is 11.3 Å². The van der Waals surface area contributed by atoms with Crippen LogP contribution in [-0.2, 0) is 4.79 Å². The molecule has 0 spiro atoms. The zero-order valence-electron chi connectivity index (χ0n) is 20.6. The number of hydrogen-bond acceptors (Lipinski definition) is 5. The van der Waals surface area contributed by atoms with Crippen molar-refractivity contribution in [2.75, 3.05) is 12.4 Å². The summed E-state index contributed by atoms with van der Waals surface area (Å²) in [5.74, 6) is 0.234. The molecule has 1 heterocycles. The van der Waals surface area contributed by atoms with Crippen molar-refractivity contribution < 1.29 is 18.9 Å². The predicted octanol–water partition coefficient (Wildman–Crippen LogP) is 7.52. The molecule has 1 N–H and O–H groups in total. The third-order valence-corrected chi connectivity index (χ3v) is 6.43. The summed E-state index contributed by atoms with van der Waals surface area (Å²) in [4.78, 5) is 23.4. The largest absolute Gasteiger partial charge is 0.496 e. The number of carbonyl (C=O) groups excluding carboxylic acids is 1. The molecule has 5 aromatic rings. The highest BCUT2D eigenvalue weighted by atomic mass is 16.6. The van der Waals surface area contributed by atoms with Crippen molar-refractivity contribution >= 4 is 44.6 Å². The van der Waals surface area contributed by atoms with E-state index in [2.05, 4.69) is 29.6 Å². The quantitative estimate of drug-likeness (QED) is 0.150. The fraction of sp³-hybridized carbons (Fsp3) is 0.100. The van der Waals surface area contributed by atoms with Gasteiger partial charge in [-0.3, -0.25) is 14.9 Å². The second-order valence-electron chi connectivity index (χ2n) is 8.80. The maximum absolute atomic E-state index is 12.8. The number of methoxy groups -OCH3 is 1. The van der Waals surface area contributed by atoms with E-state index < -0.39 is 4.92 Å². The summed E-state index contributed by atoms with van der Waals surface area (Å²) in [5, 5.41) is 17.0. The Morgan fingerprint density at radius 3 is 2.54 bits per heavy atom. The highest BCUT2D eigenvalue weighted by molar-refractivity contribution is 6.07. The number of nitro benzene ring substituents is 1. The summed E-state index contributed by atoms with van der Waals surface area (Å²) in [6.07, 6.45) is 3.24. The summed E-state index contributed by atoms with van der Waals surface area (Å²) in [5.41, 5.74) is 5.23. The van der Waals surface area contributed by atoms with E-state index in [1.807, 2.05) is 37.3 Å². The molecule has 0 fully saturated rings. The number of fused-ring (bicyclic) bond motifs is 2. The van der Waals surface area contributed by atoms with Crippen molar-refractivity contribution in [2.45, 2.75) is 13.8 Å². The van der Waals surface area contributed by atoms with Gasteiger partial charge >= 0.3 is 0 Å². The Bertz CT molecular complexity index is 1710. The smallest absolute Gasteiger partial charge is 0.269 e. The number of amides is 1. The van der Waals surface area contributed by atoms with Crippen LogP contribution < -0.4 is 10.1 Å². The van der Waals surface area contributed by atoms with Gasteiger partial charge in [-0.2, -0.15) is 0 Å². The van der Waals surface area contributed by atoms with E-state index in [1.54, 1.807) is 20.3 Å². The Labute approximate surface area is 213 Å². The van der Waals surface area contributed by atoms with Gasteiger partial charge in [-0.15, -0.1) is 0 Å². The second-order valence-corrected chi connectivity index (χ2v) is 8.80. The Balaban J connectivity index is 1.52. The van der Waals surface area contributed by atoms with Crippen molar-refractivity contribution in [3.05, 3.63) is 106 Å². The highest BCUT2D eigenvalue weighted by Crippen LogP contribution is 2.39. The predicted molar refractivity (Wildman–Crippen MR) is 146 cm³/mol. The van der Waals surface area contributed by atoms with Crippen molar-refractivity contribution in [2.24, 2.45) is 0 Å². The molecule has 1 aromatic heterocycles. The number of furan rings is 1. The van der Waals surface area contributed by atoms with E-state index in [0.29, 0.717) is 28.2 Å². The molecule has 0 aliphatic heterocycles. The monoisotopic (exact) mass is 492 g/mol. The van der Waals surface area contributed by atoms with E-state index in [0.717, 1.165) is 32.8 Å². The number of nitro groups is 1. The van der Waals surface area contributed by atoms with E-state index >= 15 is 0 Å². The number of carbonyl (C=O) groups is 1. The SMILES string of the molecule is COc1cc2occ(-c3cccc4ccccc34)c2cc1/C(C)=C/C(=O)Nc1ccc([N+](=O)[O-])cc1C. The van der Waals surface area contributed by atoms with Crippen LogP contribution >= 0.6 is 0 Å². The number of non-ortho nitro benzene ring substituents is 1. The average Bonchev–Trinajstić information content (AvgIpc) is 3.31. The van der Waals surface area contributed by atoms with Crippen LogP contribution in [0.15, 0.2) is 89.6 Å². The van der Waals surface area contributed by atoms with Crippen LogP contribution in [0.2, 0.25) is 0 Å². The van der Waals surface area contributed by atoms with E-state index in [-0.39, 0.29) is 11.6 Å². The highest BCUT2D eigenvalue weighted by Gasteiger charge is 2.17. The van der Waals surface area contributed by atoms with Crippen LogP contribution in [0.4, 0.5) is 11.4 Å². The Morgan fingerprint density at radius 2 is 1.78 bits per heavy atom. The number of hydrogen-bond donors (Lipinski definition) is 1. The minimum absolute atomic E-state index is 0.0256. The van der Waals surface area contributed by atoms with Gasteiger partial charge in [0.2, 0.25) is 5.91 Å². The fourth-order valence-corrected chi connectivity index (χ4v) is 4.55. The first-order valence-electron chi connectivity index (χ1n) is 11.7. The van der Waals surface area contributed by atoms with Gasteiger partial charge in [-0.05, 0) is 53.5 Å². The number of nitrogens with zero attached hydrogens (tertiary/aromatic N) is 1. The standard InChI is InChI=1S/C30H24N2O5/c1-18(14-30(33)31-27-12-11-21(32(34)35)13-19(27)2)24-15-25-26(17-37-29(25)16-28(24)36-3)23-10-6-8-20-7-4-5-9-22(20)23/h4-17H,1-3H3,(H,31,33)/b18-14+. The maximum atomic E-state index is 12.8. The van der Waals surface area contributed by atoms with Crippen LogP contribution in [-0.4, -0.2) is 17.9 Å². The molecule has 0 atom stereocenters. The lowest BCUT2D eigenvalue weighted by molar-refractivity contribution is -0.384. The summed E-state index contributed by atoms with van der Waals surface area (Å²) in [7, 11) is 1.58. The van der Waals surface area contributed by atoms with Gasteiger partial charge < -0.3 is 14.5 Å². The zero-order valence-corrected chi connectivity index (χ0v) is 20.6. The Hall–Kier alpha value is -4.91. The number of aryl methyl sites for hydroxylation is 1. The molecule has 0 saturated carbocycles. The van der Waals surface area contributed by atoms with Gasteiger partial charge in [0, 0.05) is 46.5 Å². The number of benzene rings is 4. The van der Waals surface area contributed by atoms with Crippen molar-refractivity contribution in [1.82, 2.24) is 0 Å². The molecule has 7 heteroatoms. The van der Waals surface area contributed by atoms with Crippen LogP contribution in [0.25, 0.3) is 38.4 Å². The molecule has 1 amide bonds. The minimum Gasteiger partial charge on any atom is -0.496 e. The molecular formula is C30H24N2O5. The van der Waals surface area contributed by atoms with Crippen LogP contribution in [0, 0.1) is 17.0 Å². The van der Waals surface area contributed by atoms with Crippen molar-refractivity contribution in [1.29, 1.82) is 0 Å². The van der Waals surface area contributed by atoms with Gasteiger partial charge in [0.25, 0.3) is 5.69 Å². The summed E-state index contributed by atoms with van der Waals surface area (Å²) < 4.78 is 11.5. The Morgan fingerprint density at radius 1 is 1.00 bits per heavy atom. The summed E-state index contributed by atoms with van der Waals surface area (Å²) >= 11 is 0. The maximum Gasteiger partial charge on any atom is 0.269 e. The summed E-state index contributed by atoms with van der Waals surface area (Å²) in [6, 6.07) is 22.5. The molecule has 0 aliphatic rings. The fourth-order valence-electron chi connectivity index (χ4n) is 4.55. The van der Waals surface area contributed by atoms with E-state index in [1.165, 1.54) is 24.3 Å². The number of ether oxygens (including phenoxy) is 1. The lowest BCUT2D eigenvalue weighted by atomic mass is 9.96. The van der Waals surface area contributed by atoms with Crippen LogP contribution in [0.1, 0.15) is 18.1 Å². The van der Waals surface area contributed by atoms with Crippen molar-refractivity contribution in [3.8, 4) is 16.9 Å². The second kappa shape index (κ2) is 9.62. The lowest BCUT2D eigenvalue weighted by Crippen LogP contribution is -2.10. The average molecular weight is 493 g/mol. The van der Waals surface area contributed by atoms with Gasteiger partial charge in [0.15, 0.2) is 0 Å². The number of anilines is 1. The number of nitrogens with one attached hydrogen (secondary N) is 1. The molecular weight excluding hydrogens is 468 g/mol. The molecule has 37 heavy (non-hydrogen) atoms. The third kappa shape index (κ3) is 4.54. The van der Waals surface area contributed by atoms with Crippen LogP contribution in [0.5, 0.6) is 5.75 Å². The van der Waals surface area contributed by atoms with Gasteiger partial charge in [0.05, 0.1) is 18.3 Å². The van der Waals surface area contributed by atoms with Gasteiger partial charge in [-0.25, -0.2) is 0 Å². The minimum atomic E-state index is -0.465. The summed E-state index contributed by atoms with van der Waals surface area (Å²) in [6.45, 7) is 3.55. The molecule has 5 rings (SSSR count). The normalized spacial score (nSPS) is 11.6.